The second kappa shape index (κ2) is 8.13. The van der Waals surface area contributed by atoms with E-state index >= 15 is 0 Å². The van der Waals surface area contributed by atoms with Crippen LogP contribution in [0.25, 0.3) is 0 Å². The van der Waals surface area contributed by atoms with E-state index in [1.807, 2.05) is 11.8 Å². The lowest BCUT2D eigenvalue weighted by molar-refractivity contribution is 0.666. The predicted molar refractivity (Wildman–Crippen MR) is 70.6 cm³/mol. The Hall–Kier alpha value is -0.0600. The zero-order valence-corrected chi connectivity index (χ0v) is 11.2. The molecule has 0 aliphatic heterocycles. The van der Waals surface area contributed by atoms with Gasteiger partial charge >= 0.3 is 0 Å². The maximum atomic E-state index is 4.59. The molecule has 0 aliphatic carbocycles. The number of thiazole rings is 1. The maximum absolute atomic E-state index is 4.59. The van der Waals surface area contributed by atoms with E-state index in [0.717, 1.165) is 18.8 Å². The van der Waals surface area contributed by atoms with Crippen LogP contribution in [0.15, 0.2) is 5.38 Å². The molecular weight excluding hydrogens is 224 g/mol. The Balaban J connectivity index is 2.23. The first-order valence-corrected chi connectivity index (χ1v) is 7.62. The number of thioether (sulfide) groups is 1. The smallest absolute Gasteiger partial charge is 0.103 e. The van der Waals surface area contributed by atoms with Crippen molar-refractivity contribution in [3.05, 3.63) is 16.1 Å². The summed E-state index contributed by atoms with van der Waals surface area (Å²) in [5.41, 5.74) is 1.19. The standard InChI is InChI=1S/C11H20N2S2/c1-3-5-12-7-10-8-15-11(13-10)9-14-6-4-2/h8,12H,3-7,9H2,1-2H3. The number of rotatable bonds is 8. The lowest BCUT2D eigenvalue weighted by atomic mass is 10.4. The SMILES string of the molecule is CCCNCc1csc(CSCCC)n1. The molecule has 0 saturated carbocycles. The normalized spacial score (nSPS) is 10.8. The van der Waals surface area contributed by atoms with Gasteiger partial charge in [-0.25, -0.2) is 4.98 Å². The van der Waals surface area contributed by atoms with Crippen LogP contribution in [0.3, 0.4) is 0 Å². The molecule has 1 aromatic rings. The number of aromatic nitrogens is 1. The summed E-state index contributed by atoms with van der Waals surface area (Å²) in [4.78, 5) is 4.59. The molecule has 86 valence electrons. The molecular formula is C11H20N2S2. The highest BCUT2D eigenvalue weighted by molar-refractivity contribution is 7.98. The van der Waals surface area contributed by atoms with Crippen LogP contribution in [0.1, 0.15) is 37.4 Å². The van der Waals surface area contributed by atoms with Gasteiger partial charge in [0.1, 0.15) is 5.01 Å². The van der Waals surface area contributed by atoms with Gasteiger partial charge in [0.25, 0.3) is 0 Å². The largest absolute Gasteiger partial charge is 0.311 e. The summed E-state index contributed by atoms with van der Waals surface area (Å²) in [6.07, 6.45) is 2.43. The summed E-state index contributed by atoms with van der Waals surface area (Å²) in [7, 11) is 0. The highest BCUT2D eigenvalue weighted by Gasteiger charge is 2.01. The van der Waals surface area contributed by atoms with Gasteiger partial charge in [0.15, 0.2) is 0 Å². The Morgan fingerprint density at radius 3 is 3.00 bits per heavy atom. The van der Waals surface area contributed by atoms with Crippen molar-refractivity contribution in [1.29, 1.82) is 0 Å². The molecule has 4 heteroatoms. The average molecular weight is 244 g/mol. The lowest BCUT2D eigenvalue weighted by Gasteiger charge is -1.98. The second-order valence-electron chi connectivity index (χ2n) is 3.46. The minimum Gasteiger partial charge on any atom is -0.311 e. The van der Waals surface area contributed by atoms with E-state index in [1.165, 1.54) is 29.3 Å². The van der Waals surface area contributed by atoms with Gasteiger partial charge in [-0.2, -0.15) is 11.8 Å². The van der Waals surface area contributed by atoms with Crippen molar-refractivity contribution in [2.45, 2.75) is 39.0 Å². The van der Waals surface area contributed by atoms with Crippen molar-refractivity contribution in [2.24, 2.45) is 0 Å². The summed E-state index contributed by atoms with van der Waals surface area (Å²) in [6.45, 7) is 6.40. The molecule has 0 radical (unpaired) electrons. The molecule has 2 nitrogen and oxygen atoms in total. The van der Waals surface area contributed by atoms with E-state index in [-0.39, 0.29) is 0 Å². The van der Waals surface area contributed by atoms with E-state index in [1.54, 1.807) is 11.3 Å². The Kier molecular flexibility index (Phi) is 7.05. The molecule has 0 amide bonds. The first-order valence-electron chi connectivity index (χ1n) is 5.58. The number of hydrogen-bond donors (Lipinski definition) is 1. The van der Waals surface area contributed by atoms with Gasteiger partial charge in [-0.1, -0.05) is 13.8 Å². The van der Waals surface area contributed by atoms with Gasteiger partial charge in [0, 0.05) is 17.7 Å². The number of nitrogens with one attached hydrogen (secondary N) is 1. The maximum Gasteiger partial charge on any atom is 0.103 e. The summed E-state index contributed by atoms with van der Waals surface area (Å²) in [5, 5.41) is 6.81. The first-order chi connectivity index (χ1) is 7.36. The van der Waals surface area contributed by atoms with Crippen molar-refractivity contribution >= 4 is 23.1 Å². The fourth-order valence-corrected chi connectivity index (χ4v) is 2.97. The average Bonchev–Trinajstić information content (AvgIpc) is 2.67. The molecule has 0 saturated heterocycles. The van der Waals surface area contributed by atoms with Crippen LogP contribution in [-0.2, 0) is 12.3 Å². The zero-order chi connectivity index (χ0) is 10.9. The summed E-state index contributed by atoms with van der Waals surface area (Å²) < 4.78 is 0. The summed E-state index contributed by atoms with van der Waals surface area (Å²) in [6, 6.07) is 0. The fourth-order valence-electron chi connectivity index (χ4n) is 1.19. The van der Waals surface area contributed by atoms with Gasteiger partial charge in [0.05, 0.1) is 5.69 Å². The van der Waals surface area contributed by atoms with Gasteiger partial charge in [-0.3, -0.25) is 0 Å². The third-order valence-electron chi connectivity index (χ3n) is 1.91. The van der Waals surface area contributed by atoms with Gasteiger partial charge < -0.3 is 5.32 Å². The Labute approximate surface area is 101 Å². The van der Waals surface area contributed by atoms with Crippen LogP contribution >= 0.6 is 23.1 Å². The zero-order valence-electron chi connectivity index (χ0n) is 9.58. The lowest BCUT2D eigenvalue weighted by Crippen LogP contribution is -2.13. The molecule has 0 atom stereocenters. The van der Waals surface area contributed by atoms with Crippen LogP contribution < -0.4 is 5.32 Å². The van der Waals surface area contributed by atoms with Crippen molar-refractivity contribution < 1.29 is 0 Å². The highest BCUT2D eigenvalue weighted by atomic mass is 32.2. The molecule has 0 unspecified atom stereocenters. The van der Waals surface area contributed by atoms with Crippen molar-refractivity contribution in [3.8, 4) is 0 Å². The van der Waals surface area contributed by atoms with Gasteiger partial charge in [-0.05, 0) is 25.1 Å². The van der Waals surface area contributed by atoms with Crippen LogP contribution in [0, 0.1) is 0 Å². The second-order valence-corrected chi connectivity index (χ2v) is 5.51. The van der Waals surface area contributed by atoms with Crippen molar-refractivity contribution in [3.63, 3.8) is 0 Å². The summed E-state index contributed by atoms with van der Waals surface area (Å²) in [5.74, 6) is 2.31. The summed E-state index contributed by atoms with van der Waals surface area (Å²) >= 11 is 3.76. The molecule has 0 aliphatic rings. The van der Waals surface area contributed by atoms with Crippen molar-refractivity contribution in [1.82, 2.24) is 10.3 Å². The molecule has 0 fully saturated rings. The predicted octanol–water partition coefficient (Wildman–Crippen LogP) is 3.29. The monoisotopic (exact) mass is 244 g/mol. The molecule has 15 heavy (non-hydrogen) atoms. The minimum absolute atomic E-state index is 0.919. The number of nitrogens with zero attached hydrogens (tertiary/aromatic N) is 1. The van der Waals surface area contributed by atoms with E-state index in [9.17, 15) is 0 Å². The molecule has 1 N–H and O–H groups in total. The van der Waals surface area contributed by atoms with E-state index in [0.29, 0.717) is 0 Å². The molecule has 0 spiro atoms. The fraction of sp³-hybridized carbons (Fsp3) is 0.727. The first kappa shape index (κ1) is 13.0. The molecule has 0 aromatic carbocycles. The van der Waals surface area contributed by atoms with E-state index < -0.39 is 0 Å². The van der Waals surface area contributed by atoms with Crippen molar-refractivity contribution in [2.75, 3.05) is 12.3 Å². The Morgan fingerprint density at radius 1 is 1.40 bits per heavy atom. The van der Waals surface area contributed by atoms with E-state index in [2.05, 4.69) is 29.5 Å². The minimum atomic E-state index is 0.919. The van der Waals surface area contributed by atoms with Crippen LogP contribution in [0.5, 0.6) is 0 Å². The third kappa shape index (κ3) is 5.54. The molecule has 0 bridgehead atoms. The quantitative estimate of drug-likeness (QED) is 0.710. The molecule has 1 rings (SSSR count). The topological polar surface area (TPSA) is 24.9 Å². The van der Waals surface area contributed by atoms with E-state index in [4.69, 9.17) is 0 Å². The Bertz CT molecular complexity index is 236. The van der Waals surface area contributed by atoms with Crippen LogP contribution in [0.4, 0.5) is 0 Å². The molecule has 1 heterocycles. The van der Waals surface area contributed by atoms with Crippen LogP contribution in [0.2, 0.25) is 0 Å². The number of hydrogen-bond acceptors (Lipinski definition) is 4. The highest BCUT2D eigenvalue weighted by Crippen LogP contribution is 2.17. The van der Waals surface area contributed by atoms with Gasteiger partial charge in [-0.15, -0.1) is 11.3 Å². The van der Waals surface area contributed by atoms with Crippen LogP contribution in [-0.4, -0.2) is 17.3 Å². The third-order valence-corrected chi connectivity index (χ3v) is 4.16. The van der Waals surface area contributed by atoms with Gasteiger partial charge in [0.2, 0.25) is 0 Å². The Morgan fingerprint density at radius 2 is 2.27 bits per heavy atom. The molecule has 1 aromatic heterocycles.